The van der Waals surface area contributed by atoms with Gasteiger partial charge in [-0.25, -0.2) is 9.18 Å². The van der Waals surface area contributed by atoms with Crippen LogP contribution in [-0.2, 0) is 10.5 Å². The molecule has 1 N–H and O–H groups in total. The minimum absolute atomic E-state index is 0.0497. The van der Waals surface area contributed by atoms with Gasteiger partial charge in [0.15, 0.2) is 5.67 Å². The zero-order valence-electron chi connectivity index (χ0n) is 9.95. The van der Waals surface area contributed by atoms with Crippen molar-refractivity contribution in [1.82, 2.24) is 4.90 Å². The first-order valence-corrected chi connectivity index (χ1v) is 5.52. The first kappa shape index (κ1) is 14.3. The molecule has 0 bridgehead atoms. The summed E-state index contributed by atoms with van der Waals surface area (Å²) in [6.07, 6.45) is -5.02. The molecule has 4 nitrogen and oxygen atoms in total. The number of carbonyl (C=O) groups excluding carboxylic acids is 1. The Bertz CT molecular complexity index is 547. The summed E-state index contributed by atoms with van der Waals surface area (Å²) in [6, 6.07) is 4.71. The number of carbonyl (C=O) groups is 2. The Balaban J connectivity index is 2.09. The number of alkyl halides is 4. The molecule has 108 valence electrons. The van der Waals surface area contributed by atoms with Gasteiger partial charge in [0.25, 0.3) is 0 Å². The van der Waals surface area contributed by atoms with E-state index in [9.17, 15) is 27.2 Å². The van der Waals surface area contributed by atoms with E-state index in [0.717, 1.165) is 12.1 Å². The number of aromatic carboxylic acids is 1. The van der Waals surface area contributed by atoms with Gasteiger partial charge < -0.3 is 10.0 Å². The standard InChI is InChI=1S/C12H9F4NO3/c13-11(5-17(6-11)10(20)12(14,15)16)8-3-1-7(2-4-8)9(18)19/h1-4H,5-6H2,(H,18,19). The highest BCUT2D eigenvalue weighted by Gasteiger charge is 2.53. The van der Waals surface area contributed by atoms with Gasteiger partial charge in [0.2, 0.25) is 0 Å². The van der Waals surface area contributed by atoms with Crippen LogP contribution in [0, 0.1) is 0 Å². The van der Waals surface area contributed by atoms with E-state index >= 15 is 0 Å². The van der Waals surface area contributed by atoms with Gasteiger partial charge in [-0.15, -0.1) is 0 Å². The first-order valence-electron chi connectivity index (χ1n) is 5.52. The smallest absolute Gasteiger partial charge is 0.471 e. The number of hydrogen-bond donors (Lipinski definition) is 1. The molecule has 1 amide bonds. The molecule has 0 aliphatic carbocycles. The lowest BCUT2D eigenvalue weighted by molar-refractivity contribution is -0.198. The summed E-state index contributed by atoms with van der Waals surface area (Å²) in [5.41, 5.74) is -2.08. The Kier molecular flexibility index (Phi) is 3.19. The lowest BCUT2D eigenvalue weighted by atomic mass is 9.87. The van der Waals surface area contributed by atoms with Crippen molar-refractivity contribution < 1.29 is 32.3 Å². The molecule has 8 heteroatoms. The Morgan fingerprint density at radius 3 is 2.05 bits per heavy atom. The van der Waals surface area contributed by atoms with Crippen molar-refractivity contribution in [1.29, 1.82) is 0 Å². The number of nitrogens with zero attached hydrogens (tertiary/aromatic N) is 1. The van der Waals surface area contributed by atoms with Crippen molar-refractivity contribution in [2.75, 3.05) is 13.1 Å². The third-order valence-corrected chi connectivity index (χ3v) is 3.06. The minimum atomic E-state index is -5.02. The van der Waals surface area contributed by atoms with Crippen molar-refractivity contribution in [2.45, 2.75) is 11.8 Å². The normalized spacial score (nSPS) is 17.5. The number of amides is 1. The Morgan fingerprint density at radius 2 is 1.65 bits per heavy atom. The molecule has 0 spiro atoms. The van der Waals surface area contributed by atoms with Crippen LogP contribution in [0.4, 0.5) is 17.6 Å². The van der Waals surface area contributed by atoms with Gasteiger partial charge in [-0.1, -0.05) is 12.1 Å². The van der Waals surface area contributed by atoms with Crippen LogP contribution < -0.4 is 0 Å². The fourth-order valence-corrected chi connectivity index (χ4v) is 1.98. The molecule has 1 aromatic rings. The summed E-state index contributed by atoms with van der Waals surface area (Å²) in [7, 11) is 0. The molecule has 1 aromatic carbocycles. The maximum atomic E-state index is 14.3. The van der Waals surface area contributed by atoms with E-state index in [1.165, 1.54) is 12.1 Å². The van der Waals surface area contributed by atoms with E-state index in [4.69, 9.17) is 5.11 Å². The van der Waals surface area contributed by atoms with Gasteiger partial charge in [0.05, 0.1) is 18.7 Å². The topological polar surface area (TPSA) is 57.6 Å². The number of likely N-dealkylation sites (tertiary alicyclic amines) is 1. The lowest BCUT2D eigenvalue weighted by Crippen LogP contribution is -2.61. The molecule has 1 heterocycles. The molecular weight excluding hydrogens is 282 g/mol. The van der Waals surface area contributed by atoms with Crippen LogP contribution >= 0.6 is 0 Å². The maximum Gasteiger partial charge on any atom is 0.471 e. The maximum absolute atomic E-state index is 14.3. The van der Waals surface area contributed by atoms with E-state index in [1.807, 2.05) is 0 Å². The monoisotopic (exact) mass is 291 g/mol. The van der Waals surface area contributed by atoms with Crippen LogP contribution in [0.15, 0.2) is 24.3 Å². The number of carboxylic acid groups (broad SMARTS) is 1. The summed E-state index contributed by atoms with van der Waals surface area (Å²) < 4.78 is 50.7. The van der Waals surface area contributed by atoms with Gasteiger partial charge in [-0.2, -0.15) is 13.2 Å². The number of halogens is 4. The van der Waals surface area contributed by atoms with Crippen LogP contribution in [0.2, 0.25) is 0 Å². The van der Waals surface area contributed by atoms with Crippen LogP contribution in [0.3, 0.4) is 0 Å². The molecule has 2 rings (SSSR count). The highest BCUT2D eigenvalue weighted by Crippen LogP contribution is 2.38. The van der Waals surface area contributed by atoms with Crippen LogP contribution in [0.5, 0.6) is 0 Å². The Hall–Kier alpha value is -2.12. The van der Waals surface area contributed by atoms with E-state index in [-0.39, 0.29) is 11.1 Å². The average Bonchev–Trinajstić information content (AvgIpc) is 2.33. The molecule has 0 radical (unpaired) electrons. The van der Waals surface area contributed by atoms with Gasteiger partial charge in [-0.3, -0.25) is 4.79 Å². The molecule has 1 aliphatic heterocycles. The molecule has 0 unspecified atom stereocenters. The van der Waals surface area contributed by atoms with Crippen molar-refractivity contribution >= 4 is 11.9 Å². The molecule has 20 heavy (non-hydrogen) atoms. The second-order valence-corrected chi connectivity index (χ2v) is 4.51. The Morgan fingerprint density at radius 1 is 1.15 bits per heavy atom. The van der Waals surface area contributed by atoms with Crippen LogP contribution in [0.1, 0.15) is 15.9 Å². The summed E-state index contributed by atoms with van der Waals surface area (Å²) >= 11 is 0. The number of hydrogen-bond acceptors (Lipinski definition) is 2. The second-order valence-electron chi connectivity index (χ2n) is 4.51. The fraction of sp³-hybridized carbons (Fsp3) is 0.333. The van der Waals surface area contributed by atoms with E-state index in [2.05, 4.69) is 0 Å². The largest absolute Gasteiger partial charge is 0.478 e. The van der Waals surface area contributed by atoms with Crippen molar-refractivity contribution in [2.24, 2.45) is 0 Å². The number of carboxylic acids is 1. The highest BCUT2D eigenvalue weighted by molar-refractivity contribution is 5.87. The number of rotatable bonds is 2. The van der Waals surface area contributed by atoms with Gasteiger partial charge in [0.1, 0.15) is 0 Å². The fourth-order valence-electron chi connectivity index (χ4n) is 1.98. The van der Waals surface area contributed by atoms with Crippen molar-refractivity contribution in [3.05, 3.63) is 35.4 Å². The zero-order valence-corrected chi connectivity index (χ0v) is 9.95. The Labute approximate surface area is 110 Å². The first-order chi connectivity index (χ1) is 9.13. The third kappa shape index (κ3) is 2.45. The average molecular weight is 291 g/mol. The summed E-state index contributed by atoms with van der Waals surface area (Å²) in [5.74, 6) is -3.26. The molecule has 0 saturated carbocycles. The van der Waals surface area contributed by atoms with E-state index in [0.29, 0.717) is 4.90 Å². The zero-order chi connectivity index (χ0) is 15.1. The molecule has 1 saturated heterocycles. The predicted octanol–water partition coefficient (Wildman–Crippen LogP) is 1.95. The number of benzene rings is 1. The molecule has 1 fully saturated rings. The molecule has 0 aromatic heterocycles. The lowest BCUT2D eigenvalue weighted by Gasteiger charge is -2.44. The SMILES string of the molecule is O=C(O)c1ccc(C2(F)CN(C(=O)C(F)(F)F)C2)cc1. The van der Waals surface area contributed by atoms with Gasteiger partial charge in [0, 0.05) is 0 Å². The summed E-state index contributed by atoms with van der Waals surface area (Å²) in [5, 5.41) is 8.68. The van der Waals surface area contributed by atoms with Crippen LogP contribution in [0.25, 0.3) is 0 Å². The quantitative estimate of drug-likeness (QED) is 0.847. The molecular formula is C12H9F4NO3. The summed E-state index contributed by atoms with van der Waals surface area (Å²) in [4.78, 5) is 21.9. The van der Waals surface area contributed by atoms with Gasteiger partial charge >= 0.3 is 18.1 Å². The van der Waals surface area contributed by atoms with E-state index < -0.39 is 36.8 Å². The minimum Gasteiger partial charge on any atom is -0.478 e. The molecule has 1 aliphatic rings. The highest BCUT2D eigenvalue weighted by atomic mass is 19.4. The van der Waals surface area contributed by atoms with Crippen molar-refractivity contribution in [3.8, 4) is 0 Å². The van der Waals surface area contributed by atoms with Crippen molar-refractivity contribution in [3.63, 3.8) is 0 Å². The van der Waals surface area contributed by atoms with Crippen LogP contribution in [-0.4, -0.2) is 41.1 Å². The van der Waals surface area contributed by atoms with E-state index in [1.54, 1.807) is 0 Å². The predicted molar refractivity (Wildman–Crippen MR) is 58.8 cm³/mol. The molecule has 0 atom stereocenters. The third-order valence-electron chi connectivity index (χ3n) is 3.06. The summed E-state index contributed by atoms with van der Waals surface area (Å²) in [6.45, 7) is -1.39. The van der Waals surface area contributed by atoms with Gasteiger partial charge in [-0.05, 0) is 17.7 Å². The second kappa shape index (κ2) is 4.46.